The topological polar surface area (TPSA) is 84.5 Å². The van der Waals surface area contributed by atoms with E-state index < -0.39 is 0 Å². The molecule has 3 aromatic rings. The third-order valence-corrected chi connectivity index (χ3v) is 9.30. The summed E-state index contributed by atoms with van der Waals surface area (Å²) in [5.74, 6) is -0.306. The van der Waals surface area contributed by atoms with Crippen molar-refractivity contribution in [1.29, 1.82) is 0 Å². The summed E-state index contributed by atoms with van der Waals surface area (Å²) in [5.41, 5.74) is 5.62. The molecule has 3 aliphatic rings. The van der Waals surface area contributed by atoms with E-state index in [1.54, 1.807) is 26.8 Å². The fourth-order valence-electron chi connectivity index (χ4n) is 6.11. The van der Waals surface area contributed by atoms with Crippen LogP contribution in [0.25, 0.3) is 0 Å². The van der Waals surface area contributed by atoms with Crippen LogP contribution in [0.15, 0.2) is 78.9 Å². The molecule has 238 valence electrons. The van der Waals surface area contributed by atoms with Gasteiger partial charge in [-0.15, -0.1) is 0 Å². The van der Waals surface area contributed by atoms with Crippen molar-refractivity contribution in [2.75, 3.05) is 50.7 Å². The fourth-order valence-corrected chi connectivity index (χ4v) is 6.29. The van der Waals surface area contributed by atoms with E-state index in [1.807, 2.05) is 82.9 Å². The van der Waals surface area contributed by atoms with Gasteiger partial charge in [0.15, 0.2) is 0 Å². The van der Waals surface area contributed by atoms with Crippen LogP contribution in [0, 0.1) is 6.92 Å². The van der Waals surface area contributed by atoms with Gasteiger partial charge in [0.1, 0.15) is 6.54 Å². The highest BCUT2D eigenvalue weighted by Gasteiger charge is 2.30. The van der Waals surface area contributed by atoms with Crippen molar-refractivity contribution in [3.63, 3.8) is 0 Å². The number of carbonyl (C=O) groups is 4. The number of nitrogens with zero attached hydrogens (tertiary/aromatic N) is 5. The van der Waals surface area contributed by atoms with Crippen LogP contribution in [0.5, 0.6) is 0 Å². The molecule has 0 saturated carbocycles. The number of anilines is 1. The average molecular weight is 638 g/mol. The number of aryl methyl sites for hydroxylation is 2. The zero-order valence-electron chi connectivity index (χ0n) is 26.1. The number of hydrogen-bond donors (Lipinski definition) is 1. The summed E-state index contributed by atoms with van der Waals surface area (Å²) >= 11 is 4.38. The minimum atomic E-state index is -0.198. The largest absolute Gasteiger partial charge is 0.340 e. The van der Waals surface area contributed by atoms with E-state index in [0.29, 0.717) is 50.1 Å². The lowest BCUT2D eigenvalue weighted by atomic mass is 10.0. The quantitative estimate of drug-likeness (QED) is 0.312. The third-order valence-electron chi connectivity index (χ3n) is 8.90. The number of rotatable bonds is 7. The molecular formula is C36H39N5O4S. The van der Waals surface area contributed by atoms with Gasteiger partial charge in [-0.05, 0) is 60.4 Å². The van der Waals surface area contributed by atoms with Crippen LogP contribution in [-0.2, 0) is 29.1 Å². The molecule has 0 spiro atoms. The first-order valence-corrected chi connectivity index (χ1v) is 16.2. The lowest BCUT2D eigenvalue weighted by Crippen LogP contribution is -2.45. The summed E-state index contributed by atoms with van der Waals surface area (Å²) in [6.07, 6.45) is 4.88. The van der Waals surface area contributed by atoms with Crippen LogP contribution in [0.2, 0.25) is 0 Å². The number of carbonyl (C=O) groups excluding carboxylic acids is 4. The fraction of sp³-hybridized carbons (Fsp3) is 0.333. The first kappa shape index (κ1) is 31.6. The minimum absolute atomic E-state index is 0.0234. The van der Waals surface area contributed by atoms with E-state index in [0.717, 1.165) is 41.0 Å². The minimum Gasteiger partial charge on any atom is -0.340 e. The Morgan fingerprint density at radius 2 is 1.33 bits per heavy atom. The molecule has 9 nitrogen and oxygen atoms in total. The highest BCUT2D eigenvalue weighted by Crippen LogP contribution is 2.30. The first-order valence-electron chi connectivity index (χ1n) is 15.8. The molecule has 1 saturated heterocycles. The number of piperazine rings is 1. The van der Waals surface area contributed by atoms with E-state index in [4.69, 9.17) is 0 Å². The average Bonchev–Trinajstić information content (AvgIpc) is 3.58. The number of fused-ring (bicyclic) bond motifs is 1. The highest BCUT2D eigenvalue weighted by atomic mass is 32.1. The first-order chi connectivity index (χ1) is 22.2. The molecule has 0 radical (unpaired) electrons. The van der Waals surface area contributed by atoms with Gasteiger partial charge < -0.3 is 19.6 Å². The van der Waals surface area contributed by atoms with Gasteiger partial charge in [-0.2, -0.15) is 0 Å². The second-order valence-electron chi connectivity index (χ2n) is 12.2. The molecule has 10 heteroatoms. The Balaban J connectivity index is 1.24. The van der Waals surface area contributed by atoms with E-state index in [9.17, 15) is 19.2 Å². The van der Waals surface area contributed by atoms with E-state index in [1.165, 1.54) is 0 Å². The third kappa shape index (κ3) is 7.18. The van der Waals surface area contributed by atoms with E-state index in [2.05, 4.69) is 12.8 Å². The molecule has 3 heterocycles. The maximum atomic E-state index is 13.9. The van der Waals surface area contributed by atoms with Crippen molar-refractivity contribution in [3.8, 4) is 0 Å². The molecule has 46 heavy (non-hydrogen) atoms. The Kier molecular flexibility index (Phi) is 9.56. The second-order valence-corrected chi connectivity index (χ2v) is 12.7. The van der Waals surface area contributed by atoms with Crippen LogP contribution in [0.3, 0.4) is 0 Å². The molecule has 0 unspecified atom stereocenters. The molecule has 6 rings (SSSR count). The molecule has 3 aromatic carbocycles. The molecule has 4 amide bonds. The Morgan fingerprint density at radius 1 is 0.717 bits per heavy atom. The van der Waals surface area contributed by atoms with Gasteiger partial charge in [0, 0.05) is 69.0 Å². The van der Waals surface area contributed by atoms with Crippen molar-refractivity contribution in [2.24, 2.45) is 0 Å². The van der Waals surface area contributed by atoms with Crippen LogP contribution in [0.1, 0.15) is 49.4 Å². The summed E-state index contributed by atoms with van der Waals surface area (Å²) in [5, 5.41) is 0. The normalized spacial score (nSPS) is 16.9. The summed E-state index contributed by atoms with van der Waals surface area (Å²) < 4.78 is 1.92. The van der Waals surface area contributed by atoms with Crippen LogP contribution >= 0.6 is 12.8 Å². The lowest BCUT2D eigenvalue weighted by Gasteiger charge is -2.31. The zero-order chi connectivity index (χ0) is 32.2. The SMILES string of the molecule is Cc1ccc(C(=O)N2CC(=O)N(Cc3ccc(C(=O)N4CC=CC4)cc3)c3cc(CCC(=O)N4CCN(S)CC4)ccc3C2)cc1. The van der Waals surface area contributed by atoms with Crippen LogP contribution in [-0.4, -0.2) is 88.4 Å². The van der Waals surface area contributed by atoms with E-state index >= 15 is 0 Å². The molecular weight excluding hydrogens is 598 g/mol. The van der Waals surface area contributed by atoms with Gasteiger partial charge in [0.25, 0.3) is 11.8 Å². The van der Waals surface area contributed by atoms with E-state index in [-0.39, 0.29) is 43.3 Å². The highest BCUT2D eigenvalue weighted by molar-refractivity contribution is 7.77. The molecule has 0 aliphatic carbocycles. The van der Waals surface area contributed by atoms with Crippen molar-refractivity contribution < 1.29 is 19.2 Å². The van der Waals surface area contributed by atoms with Gasteiger partial charge >= 0.3 is 0 Å². The summed E-state index contributed by atoms with van der Waals surface area (Å²) in [7, 11) is 0. The summed E-state index contributed by atoms with van der Waals surface area (Å²) in [4.78, 5) is 60.3. The van der Waals surface area contributed by atoms with Crippen molar-refractivity contribution >= 4 is 42.1 Å². The molecule has 3 aliphatic heterocycles. The van der Waals surface area contributed by atoms with Gasteiger partial charge in [-0.1, -0.05) is 66.9 Å². The predicted molar refractivity (Wildman–Crippen MR) is 180 cm³/mol. The monoisotopic (exact) mass is 637 g/mol. The number of thiol groups is 1. The van der Waals surface area contributed by atoms with Crippen molar-refractivity contribution in [2.45, 2.75) is 32.9 Å². The van der Waals surface area contributed by atoms with Gasteiger partial charge in [-0.3, -0.25) is 19.2 Å². The Bertz CT molecular complexity index is 1640. The molecule has 0 N–H and O–H groups in total. The molecule has 0 atom stereocenters. The maximum absolute atomic E-state index is 13.9. The maximum Gasteiger partial charge on any atom is 0.254 e. The van der Waals surface area contributed by atoms with Gasteiger partial charge in [0.2, 0.25) is 11.8 Å². The van der Waals surface area contributed by atoms with Crippen molar-refractivity contribution in [1.82, 2.24) is 19.0 Å². The smallest absolute Gasteiger partial charge is 0.254 e. The van der Waals surface area contributed by atoms with Crippen LogP contribution in [0.4, 0.5) is 5.69 Å². The summed E-state index contributed by atoms with van der Waals surface area (Å²) in [6.45, 7) is 6.51. The standard InChI is InChI=1S/C36H39N5O4S/c1-26-4-10-29(11-5-26)36(45)39-24-31-14-6-27(9-15-33(42)37-18-20-40(46)21-19-37)22-32(31)41(34(43)25-39)23-28-7-12-30(13-8-28)35(44)38-16-2-3-17-38/h2-8,10-14,22,46H,9,15-21,23-25H2,1H3. The van der Waals surface area contributed by atoms with Crippen LogP contribution < -0.4 is 4.90 Å². The van der Waals surface area contributed by atoms with Crippen molar-refractivity contribution in [3.05, 3.63) is 112 Å². The Hall–Kier alpha value is -4.41. The second kappa shape index (κ2) is 13.9. The molecule has 0 bridgehead atoms. The zero-order valence-corrected chi connectivity index (χ0v) is 27.0. The molecule has 0 aromatic heterocycles. The van der Waals surface area contributed by atoms with Gasteiger partial charge in [0.05, 0.1) is 6.54 Å². The molecule has 1 fully saturated rings. The predicted octanol–water partition coefficient (Wildman–Crippen LogP) is 4.12. The van der Waals surface area contributed by atoms with Gasteiger partial charge in [-0.25, -0.2) is 4.31 Å². The number of amides is 4. The Morgan fingerprint density at radius 3 is 2.00 bits per heavy atom. The lowest BCUT2D eigenvalue weighted by molar-refractivity contribution is -0.132. The Labute approximate surface area is 275 Å². The summed E-state index contributed by atoms with van der Waals surface area (Å²) in [6, 6.07) is 20.7. The number of hydrogen-bond acceptors (Lipinski definition) is 6. The number of benzene rings is 3.